The van der Waals surface area contributed by atoms with Gasteiger partial charge in [0.1, 0.15) is 54.9 Å². The summed E-state index contributed by atoms with van der Waals surface area (Å²) in [5.41, 5.74) is 0. The van der Waals surface area contributed by atoms with Crippen LogP contribution >= 0.6 is 0 Å². The van der Waals surface area contributed by atoms with Gasteiger partial charge in [-0.1, -0.05) is 282 Å². The van der Waals surface area contributed by atoms with E-state index in [2.05, 4.69) is 41.5 Å². The Kier molecular flexibility index (Phi) is 54.7. The SMILES string of the molecule is C.C.C.C.C.C.C.C.C.CCCC1CCC(CC2CCC(COO[C@H]3CO[C@@H]4C(OC(=O)C5CCC(CC)CC5)CO[C@H]34)CC2)CC1.CCCC1CCC(CC2CCC(COO[C@H]3CO[C@@H]4C(OC(=O)C5CCC(CC6CCC(CC)CC6)CC5)CO[C@H]34)CC2)CC1.CCCC1CCC(COO[C@H]2CO[C@@H]3C(OC(=O)C4CCC(CC)CC4)CO[C@H]23)CC1. The van der Waals surface area contributed by atoms with Crippen LogP contribution in [0.3, 0.4) is 0 Å². The van der Waals surface area contributed by atoms with Crippen molar-refractivity contribution in [3.8, 4) is 0 Å². The molecule has 6 saturated heterocycles. The highest BCUT2D eigenvalue weighted by molar-refractivity contribution is 5.73. The first-order chi connectivity index (χ1) is 55.9. The van der Waals surface area contributed by atoms with Gasteiger partial charge in [0.15, 0.2) is 18.3 Å². The summed E-state index contributed by atoms with van der Waals surface area (Å²) in [6, 6.07) is 0. The van der Waals surface area contributed by atoms with E-state index in [4.69, 9.17) is 72.0 Å². The number of rotatable bonds is 33. The van der Waals surface area contributed by atoms with Gasteiger partial charge in [0.25, 0.3) is 0 Å². The Morgan fingerprint density at radius 3 is 0.602 bits per heavy atom. The highest BCUT2D eigenvalue weighted by Crippen LogP contribution is 2.46. The Morgan fingerprint density at radius 1 is 0.220 bits per heavy atom. The molecular weight excluding hydrogens is 1550 g/mol. The third kappa shape index (κ3) is 33.6. The molecule has 0 N–H and O–H groups in total. The van der Waals surface area contributed by atoms with Gasteiger partial charge < -0.3 is 42.6 Å². The van der Waals surface area contributed by atoms with Crippen LogP contribution in [0.15, 0.2) is 0 Å². The molecule has 0 spiro atoms. The Morgan fingerprint density at radius 2 is 0.390 bits per heavy atom. The van der Waals surface area contributed by atoms with E-state index in [-0.39, 0.29) is 176 Å². The Balaban J connectivity index is 0.000000379. The number of hydrogen-bond acceptors (Lipinski definition) is 18. The summed E-state index contributed by atoms with van der Waals surface area (Å²) in [6.07, 6.45) is 58.7. The van der Waals surface area contributed by atoms with E-state index in [0.29, 0.717) is 77.2 Å². The molecule has 18 nitrogen and oxygen atoms in total. The normalized spacial score (nSPS) is 38.6. The molecule has 12 atom stereocenters. The topological polar surface area (TPSA) is 190 Å². The van der Waals surface area contributed by atoms with Crippen molar-refractivity contribution in [3.63, 3.8) is 0 Å². The van der Waals surface area contributed by atoms with E-state index in [1.807, 2.05) is 0 Å². The molecule has 726 valence electrons. The number of esters is 3. The van der Waals surface area contributed by atoms with Crippen molar-refractivity contribution in [2.45, 2.75) is 490 Å². The van der Waals surface area contributed by atoms with E-state index in [1.165, 1.54) is 244 Å². The maximum atomic E-state index is 13.1. The third-order valence-corrected chi connectivity index (χ3v) is 32.3. The summed E-state index contributed by atoms with van der Waals surface area (Å²) in [5, 5.41) is 0. The molecule has 3 unspecified atom stereocenters. The molecule has 15 rings (SSSR count). The standard InChI is InChI=1S/C39H66O6.C32H54O6.C25H42O6.9CH4/c1-3-5-28-8-12-30(13-9-28)22-31-14-16-33(17-15-31)24-43-45-36-26-42-37-35(25-41-38(36)37)44-39(40)34-20-18-32(19-21-34)23-29-10-6-27(4-2)7-11-29;1-3-5-23-6-8-24(9-7-23)18-25-10-12-26(13-11-25)19-36-38-29-21-35-30-28(20-34-31(29)30)37-32(33)27-16-14-22(4-2)15-17-27;1-3-5-18-6-8-19(9-7-18)14-29-31-22-16-28-23-21(15-27-24(22)23)30-25(26)20-12-10-17(4-2)11-13-20;;;;;;;;;/h27-38H,3-26H2,1-2H3;22-31H,3-21H2,1-2H3;17-24H,3-16H2,1-2H3;9*1H4/t27?,28?,29?,30?,31?,32?,33?,34?,35?,36-,37+,38+;22?,23?,24?,25?,26?,27?,28?,29-,30+,31+;17?,18?,19?,20?,21?,22-,23+,24+;;;;;;;;;/m000........./s1. The van der Waals surface area contributed by atoms with Crippen LogP contribution < -0.4 is 0 Å². The summed E-state index contributed by atoms with van der Waals surface area (Å²) < 4.78 is 53.6. The van der Waals surface area contributed by atoms with Gasteiger partial charge in [-0.05, 0) is 224 Å². The maximum absolute atomic E-state index is 13.1. The lowest BCUT2D eigenvalue weighted by Crippen LogP contribution is -2.37. The number of carbonyl (C=O) groups excluding carboxylic acids is 3. The highest BCUT2D eigenvalue weighted by atomic mass is 17.2. The van der Waals surface area contributed by atoms with Crippen LogP contribution in [-0.2, 0) is 86.3 Å². The van der Waals surface area contributed by atoms with Crippen molar-refractivity contribution in [1.29, 1.82) is 0 Å². The fourth-order valence-electron chi connectivity index (χ4n) is 24.5. The second kappa shape index (κ2) is 59.4. The zero-order valence-electron chi connectivity index (χ0n) is 72.5. The molecule has 15 aliphatic rings. The first-order valence-corrected chi connectivity index (χ1v) is 49.0. The zero-order valence-corrected chi connectivity index (χ0v) is 72.5. The summed E-state index contributed by atoms with van der Waals surface area (Å²) in [5.74, 6) is 12.6. The Bertz CT molecular complexity index is 2690. The predicted molar refractivity (Wildman–Crippen MR) is 500 cm³/mol. The molecular formula is C105H198O18. The number of ether oxygens (including phenoxy) is 9. The Hall–Kier alpha value is -2.07. The van der Waals surface area contributed by atoms with Gasteiger partial charge in [0, 0.05) is 0 Å². The van der Waals surface area contributed by atoms with Crippen LogP contribution in [0.1, 0.15) is 417 Å². The molecule has 0 bridgehead atoms. The van der Waals surface area contributed by atoms with Crippen LogP contribution in [0.4, 0.5) is 0 Å². The van der Waals surface area contributed by atoms with Gasteiger partial charge in [-0.2, -0.15) is 0 Å². The molecule has 0 amide bonds. The lowest BCUT2D eigenvalue weighted by molar-refractivity contribution is -0.339. The second-order valence-electron chi connectivity index (χ2n) is 40.2. The third-order valence-electron chi connectivity index (χ3n) is 32.3. The largest absolute Gasteiger partial charge is 0.457 e. The van der Waals surface area contributed by atoms with Crippen LogP contribution in [0.2, 0.25) is 0 Å². The van der Waals surface area contributed by atoms with Crippen molar-refractivity contribution >= 4 is 17.9 Å². The monoisotopic (exact) mass is 1750 g/mol. The van der Waals surface area contributed by atoms with Crippen LogP contribution in [-0.4, -0.2) is 151 Å². The fraction of sp³-hybridized carbons (Fsp3) is 0.971. The molecule has 6 heterocycles. The Labute approximate surface area is 756 Å². The first kappa shape index (κ1) is 113. The molecule has 18 heteroatoms. The summed E-state index contributed by atoms with van der Waals surface area (Å²) >= 11 is 0. The highest BCUT2D eigenvalue weighted by Gasteiger charge is 2.54. The zero-order chi connectivity index (χ0) is 79.0. The number of fused-ring (bicyclic) bond motifs is 3. The maximum Gasteiger partial charge on any atom is 0.309 e. The quantitative estimate of drug-likeness (QED) is 0.0261. The average Bonchev–Trinajstić information content (AvgIpc) is 1.66. The average molecular weight is 1750 g/mol. The summed E-state index contributed by atoms with van der Waals surface area (Å²) in [6.45, 7) is 18.1. The van der Waals surface area contributed by atoms with E-state index in [0.717, 1.165) is 135 Å². The molecule has 15 fully saturated rings. The minimum atomic E-state index is -0.334. The van der Waals surface area contributed by atoms with E-state index in [1.54, 1.807) is 0 Å². The first-order valence-electron chi connectivity index (χ1n) is 49.0. The van der Waals surface area contributed by atoms with Crippen molar-refractivity contribution in [3.05, 3.63) is 0 Å². The number of carbonyl (C=O) groups is 3. The predicted octanol–water partition coefficient (Wildman–Crippen LogP) is 26.8. The molecule has 0 aromatic rings. The van der Waals surface area contributed by atoms with E-state index in [9.17, 15) is 14.4 Å². The van der Waals surface area contributed by atoms with Crippen molar-refractivity contribution in [1.82, 2.24) is 0 Å². The van der Waals surface area contributed by atoms with Gasteiger partial charge in [-0.3, -0.25) is 14.4 Å². The molecule has 9 saturated carbocycles. The van der Waals surface area contributed by atoms with Gasteiger partial charge >= 0.3 is 17.9 Å². The molecule has 0 radical (unpaired) electrons. The van der Waals surface area contributed by atoms with Crippen LogP contribution in [0, 0.1) is 107 Å². The van der Waals surface area contributed by atoms with Crippen LogP contribution in [0.5, 0.6) is 0 Å². The van der Waals surface area contributed by atoms with Crippen LogP contribution in [0.25, 0.3) is 0 Å². The van der Waals surface area contributed by atoms with Gasteiger partial charge in [0.2, 0.25) is 0 Å². The summed E-state index contributed by atoms with van der Waals surface area (Å²) in [7, 11) is 0. The smallest absolute Gasteiger partial charge is 0.309 e. The lowest BCUT2D eigenvalue weighted by atomic mass is 9.73. The van der Waals surface area contributed by atoms with Gasteiger partial charge in [-0.15, -0.1) is 0 Å². The fourth-order valence-corrected chi connectivity index (χ4v) is 24.5. The van der Waals surface area contributed by atoms with Gasteiger partial charge in [-0.25, -0.2) is 29.3 Å². The minimum absolute atomic E-state index is 0. The molecule has 0 aromatic carbocycles. The summed E-state index contributed by atoms with van der Waals surface area (Å²) in [4.78, 5) is 73.0. The van der Waals surface area contributed by atoms with Crippen molar-refractivity contribution in [2.24, 2.45) is 107 Å². The molecule has 9 aliphatic carbocycles. The van der Waals surface area contributed by atoms with Crippen molar-refractivity contribution in [2.75, 3.05) is 59.5 Å². The van der Waals surface area contributed by atoms with Gasteiger partial charge in [0.05, 0.1) is 77.2 Å². The molecule has 0 aromatic heterocycles. The van der Waals surface area contributed by atoms with E-state index >= 15 is 0 Å². The molecule has 123 heavy (non-hydrogen) atoms. The minimum Gasteiger partial charge on any atom is -0.457 e. The van der Waals surface area contributed by atoms with Crippen molar-refractivity contribution < 1.29 is 86.3 Å². The molecule has 6 aliphatic heterocycles. The second-order valence-corrected chi connectivity index (χ2v) is 40.2. The lowest BCUT2D eigenvalue weighted by Gasteiger charge is -2.34. The van der Waals surface area contributed by atoms with E-state index < -0.39 is 0 Å². The number of hydrogen-bond donors (Lipinski definition) is 0.